The zero-order valence-corrected chi connectivity index (χ0v) is 15.4. The largest absolute Gasteiger partial charge is 0.346 e. The van der Waals surface area contributed by atoms with Gasteiger partial charge in [0.05, 0.1) is 12.2 Å². The average Bonchev–Trinajstić information content (AvgIpc) is 3.33. The summed E-state index contributed by atoms with van der Waals surface area (Å²) in [6, 6.07) is 7.95. The van der Waals surface area contributed by atoms with Gasteiger partial charge in [0.15, 0.2) is 0 Å². The first kappa shape index (κ1) is 16.0. The number of hydrogen-bond donors (Lipinski definition) is 1. The first-order valence-electron chi connectivity index (χ1n) is 7.82. The summed E-state index contributed by atoms with van der Waals surface area (Å²) >= 11 is 3.06. The van der Waals surface area contributed by atoms with Crippen molar-refractivity contribution in [1.29, 1.82) is 0 Å². The first-order chi connectivity index (χ1) is 12.1. The Bertz CT molecular complexity index is 1050. The highest BCUT2D eigenvalue weighted by atomic mass is 32.1. The van der Waals surface area contributed by atoms with Gasteiger partial charge < -0.3 is 9.88 Å². The second-order valence-corrected chi connectivity index (χ2v) is 7.76. The van der Waals surface area contributed by atoms with Gasteiger partial charge in [0.25, 0.3) is 5.91 Å². The molecule has 25 heavy (non-hydrogen) atoms. The number of thiazole rings is 1. The van der Waals surface area contributed by atoms with Crippen LogP contribution in [0.25, 0.3) is 21.6 Å². The maximum Gasteiger partial charge on any atom is 0.263 e. The number of nitrogens with zero attached hydrogens (tertiary/aromatic N) is 3. The van der Waals surface area contributed by atoms with Crippen molar-refractivity contribution in [2.75, 3.05) is 0 Å². The van der Waals surface area contributed by atoms with E-state index in [1.54, 1.807) is 17.5 Å². The maximum atomic E-state index is 12.5. The summed E-state index contributed by atoms with van der Waals surface area (Å²) in [5.74, 6) is -0.0759. The number of fused-ring (bicyclic) bond motifs is 1. The van der Waals surface area contributed by atoms with Crippen molar-refractivity contribution >= 4 is 39.6 Å². The van der Waals surface area contributed by atoms with Crippen LogP contribution in [-0.2, 0) is 13.6 Å². The van der Waals surface area contributed by atoms with Crippen LogP contribution in [0.3, 0.4) is 0 Å². The highest BCUT2D eigenvalue weighted by Gasteiger charge is 2.19. The lowest BCUT2D eigenvalue weighted by Gasteiger charge is -2.01. The molecule has 0 unspecified atom stereocenters. The van der Waals surface area contributed by atoms with E-state index in [0.29, 0.717) is 11.4 Å². The molecule has 4 aromatic rings. The molecule has 126 valence electrons. The minimum Gasteiger partial charge on any atom is -0.346 e. The van der Waals surface area contributed by atoms with E-state index in [2.05, 4.69) is 15.3 Å². The second kappa shape index (κ2) is 6.42. The van der Waals surface area contributed by atoms with Gasteiger partial charge >= 0.3 is 0 Å². The predicted molar refractivity (Wildman–Crippen MR) is 102 cm³/mol. The Balaban J connectivity index is 1.64. The highest BCUT2D eigenvalue weighted by molar-refractivity contribution is 7.17. The maximum absolute atomic E-state index is 12.5. The Morgan fingerprint density at radius 3 is 3.00 bits per heavy atom. The van der Waals surface area contributed by atoms with Gasteiger partial charge in [-0.05, 0) is 30.5 Å². The fraction of sp³-hybridized carbons (Fsp3) is 0.167. The SMILES string of the molecule is Cc1nc(-c2cn(C)c3ncccc23)sc1C(=O)NCc1cccs1. The molecule has 5 nitrogen and oxygen atoms in total. The Morgan fingerprint density at radius 1 is 1.32 bits per heavy atom. The van der Waals surface area contributed by atoms with Crippen LogP contribution in [0.5, 0.6) is 0 Å². The van der Waals surface area contributed by atoms with E-state index in [1.807, 2.05) is 54.4 Å². The smallest absolute Gasteiger partial charge is 0.263 e. The molecule has 0 fully saturated rings. The van der Waals surface area contributed by atoms with Crippen molar-refractivity contribution in [2.45, 2.75) is 13.5 Å². The minimum absolute atomic E-state index is 0.0759. The third kappa shape index (κ3) is 2.96. The number of rotatable bonds is 4. The van der Waals surface area contributed by atoms with E-state index in [-0.39, 0.29) is 5.91 Å². The topological polar surface area (TPSA) is 59.8 Å². The van der Waals surface area contributed by atoms with E-state index < -0.39 is 0 Å². The van der Waals surface area contributed by atoms with Gasteiger partial charge in [0.2, 0.25) is 0 Å². The molecule has 0 aliphatic heterocycles. The molecule has 0 spiro atoms. The summed E-state index contributed by atoms with van der Waals surface area (Å²) in [6.45, 7) is 2.42. The van der Waals surface area contributed by atoms with E-state index in [4.69, 9.17) is 0 Å². The second-order valence-electron chi connectivity index (χ2n) is 5.72. The molecule has 0 saturated carbocycles. The summed E-state index contributed by atoms with van der Waals surface area (Å²) in [5.41, 5.74) is 2.68. The number of hydrogen-bond acceptors (Lipinski definition) is 5. The molecule has 4 heterocycles. The van der Waals surface area contributed by atoms with Crippen LogP contribution in [0, 0.1) is 6.92 Å². The third-order valence-electron chi connectivity index (χ3n) is 3.97. The normalized spacial score (nSPS) is 11.1. The van der Waals surface area contributed by atoms with Crippen LogP contribution < -0.4 is 5.32 Å². The lowest BCUT2D eigenvalue weighted by Crippen LogP contribution is -2.22. The van der Waals surface area contributed by atoms with Gasteiger partial charge in [-0.2, -0.15) is 0 Å². The molecule has 0 aliphatic rings. The van der Waals surface area contributed by atoms with Crippen LogP contribution in [0.2, 0.25) is 0 Å². The molecule has 4 rings (SSSR count). The molecular formula is C18H16N4OS2. The quantitative estimate of drug-likeness (QED) is 0.592. The van der Waals surface area contributed by atoms with Gasteiger partial charge in [-0.15, -0.1) is 22.7 Å². The Hall–Kier alpha value is -2.51. The van der Waals surface area contributed by atoms with Gasteiger partial charge in [-0.3, -0.25) is 4.79 Å². The first-order valence-corrected chi connectivity index (χ1v) is 9.51. The van der Waals surface area contributed by atoms with Gasteiger partial charge in [-0.1, -0.05) is 6.07 Å². The molecule has 4 aromatic heterocycles. The monoisotopic (exact) mass is 368 g/mol. The van der Waals surface area contributed by atoms with Crippen LogP contribution >= 0.6 is 22.7 Å². The fourth-order valence-electron chi connectivity index (χ4n) is 2.77. The third-order valence-corrected chi connectivity index (χ3v) is 6.04. The Labute approximate surface area is 153 Å². The zero-order chi connectivity index (χ0) is 17.4. The molecule has 0 atom stereocenters. The van der Waals surface area contributed by atoms with Gasteiger partial charge in [0, 0.05) is 35.3 Å². The Kier molecular flexibility index (Phi) is 4.10. The zero-order valence-electron chi connectivity index (χ0n) is 13.8. The van der Waals surface area contributed by atoms with E-state index in [1.165, 1.54) is 11.3 Å². The van der Waals surface area contributed by atoms with Crippen molar-refractivity contribution < 1.29 is 4.79 Å². The van der Waals surface area contributed by atoms with Gasteiger partial charge in [0.1, 0.15) is 15.5 Å². The number of aryl methyl sites for hydroxylation is 2. The number of amides is 1. The van der Waals surface area contributed by atoms with Crippen LogP contribution in [0.4, 0.5) is 0 Å². The number of carbonyl (C=O) groups is 1. The van der Waals surface area contributed by atoms with Crippen molar-refractivity contribution in [3.8, 4) is 10.6 Å². The summed E-state index contributed by atoms with van der Waals surface area (Å²) in [4.78, 5) is 23.4. The summed E-state index contributed by atoms with van der Waals surface area (Å²) in [5, 5.41) is 6.87. The fourth-order valence-corrected chi connectivity index (χ4v) is 4.42. The lowest BCUT2D eigenvalue weighted by atomic mass is 10.2. The Morgan fingerprint density at radius 2 is 2.20 bits per heavy atom. The van der Waals surface area contributed by atoms with E-state index in [9.17, 15) is 4.79 Å². The lowest BCUT2D eigenvalue weighted by molar-refractivity contribution is 0.0954. The molecule has 0 bridgehead atoms. The number of aromatic nitrogens is 3. The number of thiophene rings is 1. The van der Waals surface area contributed by atoms with Crippen molar-refractivity contribution in [3.63, 3.8) is 0 Å². The van der Waals surface area contributed by atoms with Crippen molar-refractivity contribution in [3.05, 3.63) is 57.5 Å². The highest BCUT2D eigenvalue weighted by Crippen LogP contribution is 2.33. The molecule has 0 aromatic carbocycles. The number of pyridine rings is 1. The van der Waals surface area contributed by atoms with Crippen LogP contribution in [0.15, 0.2) is 42.0 Å². The molecule has 1 N–H and O–H groups in total. The standard InChI is InChI=1S/C18H16N4OS2/c1-11-15(17(23)20-9-12-5-4-8-24-12)25-18(21-11)14-10-22(2)16-13(14)6-3-7-19-16/h3-8,10H,9H2,1-2H3,(H,20,23). The summed E-state index contributed by atoms with van der Waals surface area (Å²) in [6.07, 6.45) is 3.80. The average molecular weight is 368 g/mol. The number of carbonyl (C=O) groups excluding carboxylic acids is 1. The van der Waals surface area contributed by atoms with E-state index in [0.717, 1.165) is 32.2 Å². The predicted octanol–water partition coefficient (Wildman–Crippen LogP) is 4.00. The van der Waals surface area contributed by atoms with Crippen molar-refractivity contribution in [1.82, 2.24) is 19.9 Å². The van der Waals surface area contributed by atoms with Crippen LogP contribution in [-0.4, -0.2) is 20.4 Å². The van der Waals surface area contributed by atoms with E-state index >= 15 is 0 Å². The summed E-state index contributed by atoms with van der Waals surface area (Å²) in [7, 11) is 1.97. The molecule has 0 radical (unpaired) electrons. The number of nitrogens with one attached hydrogen (secondary N) is 1. The minimum atomic E-state index is -0.0759. The molecule has 0 aliphatic carbocycles. The van der Waals surface area contributed by atoms with Crippen LogP contribution in [0.1, 0.15) is 20.2 Å². The molecular weight excluding hydrogens is 352 g/mol. The molecule has 0 saturated heterocycles. The summed E-state index contributed by atoms with van der Waals surface area (Å²) < 4.78 is 1.98. The van der Waals surface area contributed by atoms with Crippen molar-refractivity contribution in [2.24, 2.45) is 7.05 Å². The molecule has 1 amide bonds. The van der Waals surface area contributed by atoms with Gasteiger partial charge in [-0.25, -0.2) is 9.97 Å². The molecule has 7 heteroatoms.